The molecule has 1 unspecified atom stereocenters. The highest BCUT2D eigenvalue weighted by Gasteiger charge is 2.30. The van der Waals surface area contributed by atoms with Crippen LogP contribution in [0, 0.1) is 0 Å². The van der Waals surface area contributed by atoms with Gasteiger partial charge in [0.25, 0.3) is 5.91 Å². The van der Waals surface area contributed by atoms with Gasteiger partial charge in [0.05, 0.1) is 37.4 Å². The SMILES string of the molecule is COC(=O)/C=C1/NCC(OC(=O)c2ccc(C(F)(F)F)cc2)CNC1=O. The van der Waals surface area contributed by atoms with Gasteiger partial charge in [-0.05, 0) is 24.3 Å². The molecule has 0 saturated carbocycles. The van der Waals surface area contributed by atoms with Crippen LogP contribution < -0.4 is 10.6 Å². The zero-order chi connectivity index (χ0) is 19.3. The van der Waals surface area contributed by atoms with Gasteiger partial charge in [0, 0.05) is 0 Å². The Morgan fingerprint density at radius 1 is 1.15 bits per heavy atom. The molecule has 1 saturated heterocycles. The van der Waals surface area contributed by atoms with E-state index in [1.165, 1.54) is 0 Å². The molecule has 2 N–H and O–H groups in total. The Morgan fingerprint density at radius 2 is 1.77 bits per heavy atom. The molecule has 0 aliphatic carbocycles. The molecule has 1 aliphatic rings. The zero-order valence-corrected chi connectivity index (χ0v) is 13.6. The molecule has 2 rings (SSSR count). The first-order valence-corrected chi connectivity index (χ1v) is 7.40. The molecular weight excluding hydrogens is 357 g/mol. The Bertz CT molecular complexity index is 728. The van der Waals surface area contributed by atoms with E-state index in [2.05, 4.69) is 15.4 Å². The number of alkyl halides is 3. The van der Waals surface area contributed by atoms with Gasteiger partial charge in [-0.2, -0.15) is 13.2 Å². The molecule has 1 atom stereocenters. The molecule has 10 heteroatoms. The van der Waals surface area contributed by atoms with Crippen LogP contribution >= 0.6 is 0 Å². The van der Waals surface area contributed by atoms with Crippen molar-refractivity contribution in [1.29, 1.82) is 0 Å². The molecular formula is C16H15F3N2O5. The molecule has 140 valence electrons. The highest BCUT2D eigenvalue weighted by molar-refractivity contribution is 5.99. The van der Waals surface area contributed by atoms with Crippen LogP contribution in [0.3, 0.4) is 0 Å². The molecule has 0 radical (unpaired) electrons. The number of carbonyl (C=O) groups is 3. The van der Waals surface area contributed by atoms with Crippen LogP contribution in [0.25, 0.3) is 0 Å². The van der Waals surface area contributed by atoms with Crippen LogP contribution in [0.2, 0.25) is 0 Å². The summed E-state index contributed by atoms with van der Waals surface area (Å²) in [6, 6.07) is 3.58. The summed E-state index contributed by atoms with van der Waals surface area (Å²) in [6.07, 6.45) is -4.33. The Balaban J connectivity index is 2.00. The van der Waals surface area contributed by atoms with Crippen LogP contribution in [-0.4, -0.2) is 44.1 Å². The summed E-state index contributed by atoms with van der Waals surface area (Å²) in [5.74, 6) is -2.15. The van der Waals surface area contributed by atoms with Gasteiger partial charge >= 0.3 is 18.1 Å². The van der Waals surface area contributed by atoms with Crippen molar-refractivity contribution in [3.05, 3.63) is 47.2 Å². The zero-order valence-electron chi connectivity index (χ0n) is 13.6. The molecule has 0 aromatic heterocycles. The highest BCUT2D eigenvalue weighted by Crippen LogP contribution is 2.29. The number of amides is 1. The monoisotopic (exact) mass is 372 g/mol. The van der Waals surface area contributed by atoms with Gasteiger partial charge in [0.1, 0.15) is 11.8 Å². The number of hydrogen-bond acceptors (Lipinski definition) is 6. The van der Waals surface area contributed by atoms with Crippen LogP contribution in [-0.2, 0) is 25.2 Å². The van der Waals surface area contributed by atoms with Crippen molar-refractivity contribution in [2.45, 2.75) is 12.3 Å². The van der Waals surface area contributed by atoms with Crippen LogP contribution in [0.1, 0.15) is 15.9 Å². The summed E-state index contributed by atoms with van der Waals surface area (Å²) in [5, 5.41) is 5.11. The fourth-order valence-corrected chi connectivity index (χ4v) is 2.07. The number of hydrogen-bond donors (Lipinski definition) is 2. The van der Waals surface area contributed by atoms with Crippen molar-refractivity contribution >= 4 is 17.8 Å². The Labute approximate surface area is 146 Å². The second-order valence-corrected chi connectivity index (χ2v) is 5.27. The number of carbonyl (C=O) groups excluding carboxylic acids is 3. The maximum Gasteiger partial charge on any atom is 0.416 e. The normalized spacial score (nSPS) is 19.2. The average Bonchev–Trinajstić information content (AvgIpc) is 2.77. The summed E-state index contributed by atoms with van der Waals surface area (Å²) in [5.41, 5.74) is -0.987. The number of methoxy groups -OCH3 is 1. The van der Waals surface area contributed by atoms with Gasteiger partial charge in [0.15, 0.2) is 0 Å². The topological polar surface area (TPSA) is 93.7 Å². The number of ether oxygens (including phenoxy) is 2. The molecule has 7 nitrogen and oxygen atoms in total. The van der Waals surface area contributed by atoms with Gasteiger partial charge in [-0.15, -0.1) is 0 Å². The lowest BCUT2D eigenvalue weighted by atomic mass is 10.1. The minimum Gasteiger partial charge on any atom is -0.466 e. The van der Waals surface area contributed by atoms with E-state index in [1.807, 2.05) is 0 Å². The smallest absolute Gasteiger partial charge is 0.416 e. The standard InChI is InChI=1S/C16H15F3N2O5/c1-25-13(22)6-12-14(23)21-8-11(7-20-12)26-15(24)9-2-4-10(5-3-9)16(17,18)19/h2-6,11,20H,7-8H2,1H3,(H,21,23)/b12-6+. The minimum absolute atomic E-state index is 0.0218. The fourth-order valence-electron chi connectivity index (χ4n) is 2.07. The quantitative estimate of drug-likeness (QED) is 0.608. The first-order valence-electron chi connectivity index (χ1n) is 7.40. The third kappa shape index (κ3) is 4.98. The lowest BCUT2D eigenvalue weighted by Crippen LogP contribution is -2.34. The lowest BCUT2D eigenvalue weighted by Gasteiger charge is -2.15. The summed E-state index contributed by atoms with van der Waals surface area (Å²) in [6.45, 7) is -0.00926. The van der Waals surface area contributed by atoms with Gasteiger partial charge in [-0.3, -0.25) is 4.79 Å². The molecule has 0 spiro atoms. The summed E-state index contributed by atoms with van der Waals surface area (Å²) in [4.78, 5) is 35.0. The van der Waals surface area contributed by atoms with E-state index in [0.29, 0.717) is 0 Å². The Kier molecular flexibility index (Phi) is 5.86. The lowest BCUT2D eigenvalue weighted by molar-refractivity contribution is -0.137. The van der Waals surface area contributed by atoms with E-state index in [-0.39, 0.29) is 24.4 Å². The van der Waals surface area contributed by atoms with Crippen molar-refractivity contribution in [3.8, 4) is 0 Å². The van der Waals surface area contributed by atoms with Crippen LogP contribution in [0.5, 0.6) is 0 Å². The number of benzene rings is 1. The number of nitrogens with one attached hydrogen (secondary N) is 2. The second-order valence-electron chi connectivity index (χ2n) is 5.27. The maximum atomic E-state index is 12.5. The third-order valence-corrected chi connectivity index (χ3v) is 3.44. The molecule has 0 bridgehead atoms. The van der Waals surface area contributed by atoms with Crippen molar-refractivity contribution in [3.63, 3.8) is 0 Å². The molecule has 1 aromatic rings. The van der Waals surface area contributed by atoms with Crippen molar-refractivity contribution in [2.75, 3.05) is 20.2 Å². The molecule has 1 fully saturated rings. The molecule has 1 aliphatic heterocycles. The highest BCUT2D eigenvalue weighted by atomic mass is 19.4. The first kappa shape index (κ1) is 19.3. The Hall–Kier alpha value is -3.04. The van der Waals surface area contributed by atoms with Gasteiger partial charge in [0.2, 0.25) is 0 Å². The third-order valence-electron chi connectivity index (χ3n) is 3.44. The van der Waals surface area contributed by atoms with Crippen molar-refractivity contribution in [1.82, 2.24) is 10.6 Å². The van der Waals surface area contributed by atoms with Crippen LogP contribution in [0.15, 0.2) is 36.0 Å². The van der Waals surface area contributed by atoms with E-state index in [1.54, 1.807) is 0 Å². The number of halogens is 3. The number of rotatable bonds is 3. The van der Waals surface area contributed by atoms with E-state index in [4.69, 9.17) is 4.74 Å². The second kappa shape index (κ2) is 7.89. The largest absolute Gasteiger partial charge is 0.466 e. The van der Waals surface area contributed by atoms with Gasteiger partial charge < -0.3 is 20.1 Å². The summed E-state index contributed by atoms with van der Waals surface area (Å²) < 4.78 is 47.2. The maximum absolute atomic E-state index is 12.5. The Morgan fingerprint density at radius 3 is 2.35 bits per heavy atom. The fraction of sp³-hybridized carbons (Fsp3) is 0.312. The predicted molar refractivity (Wildman–Crippen MR) is 81.8 cm³/mol. The molecule has 1 amide bonds. The van der Waals surface area contributed by atoms with Crippen molar-refractivity contribution in [2.24, 2.45) is 0 Å². The molecule has 1 aromatic carbocycles. The van der Waals surface area contributed by atoms with Gasteiger partial charge in [-0.1, -0.05) is 0 Å². The van der Waals surface area contributed by atoms with E-state index >= 15 is 0 Å². The van der Waals surface area contributed by atoms with E-state index in [9.17, 15) is 27.6 Å². The average molecular weight is 372 g/mol. The van der Waals surface area contributed by atoms with Crippen molar-refractivity contribution < 1.29 is 37.0 Å². The number of esters is 2. The first-order chi connectivity index (χ1) is 12.2. The molecule has 1 heterocycles. The summed E-state index contributed by atoms with van der Waals surface area (Å²) in [7, 11) is 1.16. The van der Waals surface area contributed by atoms with Crippen LogP contribution in [0.4, 0.5) is 13.2 Å². The van der Waals surface area contributed by atoms with E-state index < -0.39 is 35.7 Å². The van der Waals surface area contributed by atoms with Gasteiger partial charge in [-0.25, -0.2) is 9.59 Å². The summed E-state index contributed by atoms with van der Waals surface area (Å²) >= 11 is 0. The minimum atomic E-state index is -4.50. The van der Waals surface area contributed by atoms with E-state index in [0.717, 1.165) is 37.5 Å². The molecule has 26 heavy (non-hydrogen) atoms. The predicted octanol–water partition coefficient (Wildman–Crippen LogP) is 1.01.